The average molecular weight is 261 g/mol. The molecule has 104 valence electrons. The van der Waals surface area contributed by atoms with Gasteiger partial charge in [-0.2, -0.15) is 0 Å². The van der Waals surface area contributed by atoms with E-state index >= 15 is 0 Å². The van der Waals surface area contributed by atoms with Crippen LogP contribution in [0.3, 0.4) is 0 Å². The van der Waals surface area contributed by atoms with Gasteiger partial charge in [-0.3, -0.25) is 9.69 Å². The molecule has 1 fully saturated rings. The molecule has 1 heterocycles. The predicted octanol–water partition coefficient (Wildman–Crippen LogP) is 2.98. The largest absolute Gasteiger partial charge is 0.481 e. The number of benzene rings is 1. The second kappa shape index (κ2) is 6.20. The SMILES string of the molecule is CCN1CC[C@@H](CC(=O)O)C1C(C)c1ccccc1. The Morgan fingerprint density at radius 3 is 2.68 bits per heavy atom. The van der Waals surface area contributed by atoms with Crippen molar-refractivity contribution < 1.29 is 9.90 Å². The van der Waals surface area contributed by atoms with E-state index in [1.165, 1.54) is 5.56 Å². The van der Waals surface area contributed by atoms with Crippen LogP contribution < -0.4 is 0 Å². The Balaban J connectivity index is 2.19. The highest BCUT2D eigenvalue weighted by Gasteiger charge is 2.38. The zero-order chi connectivity index (χ0) is 13.8. The molecule has 1 aromatic rings. The van der Waals surface area contributed by atoms with E-state index in [-0.39, 0.29) is 5.92 Å². The molecule has 2 rings (SSSR count). The Hall–Kier alpha value is -1.35. The van der Waals surface area contributed by atoms with Crippen molar-refractivity contribution in [2.75, 3.05) is 13.1 Å². The summed E-state index contributed by atoms with van der Waals surface area (Å²) in [4.78, 5) is 13.5. The van der Waals surface area contributed by atoms with E-state index < -0.39 is 5.97 Å². The molecular formula is C16H23NO2. The molecule has 1 aliphatic heterocycles. The lowest BCUT2D eigenvalue weighted by atomic mass is 9.83. The number of aliphatic carboxylic acids is 1. The topological polar surface area (TPSA) is 40.5 Å². The number of carboxylic acid groups (broad SMARTS) is 1. The van der Waals surface area contributed by atoms with Crippen molar-refractivity contribution in [1.82, 2.24) is 4.90 Å². The number of nitrogens with zero attached hydrogens (tertiary/aromatic N) is 1. The Labute approximate surface area is 115 Å². The molecule has 0 amide bonds. The van der Waals surface area contributed by atoms with Crippen molar-refractivity contribution in [3.05, 3.63) is 35.9 Å². The number of hydrogen-bond acceptors (Lipinski definition) is 2. The lowest BCUT2D eigenvalue weighted by Gasteiger charge is -2.32. The molecule has 0 spiro atoms. The van der Waals surface area contributed by atoms with Crippen LogP contribution in [0.1, 0.15) is 38.2 Å². The monoisotopic (exact) mass is 261 g/mol. The Kier molecular flexibility index (Phi) is 4.59. The van der Waals surface area contributed by atoms with Gasteiger partial charge in [0.05, 0.1) is 0 Å². The van der Waals surface area contributed by atoms with Gasteiger partial charge in [0.1, 0.15) is 0 Å². The summed E-state index contributed by atoms with van der Waals surface area (Å²) in [6, 6.07) is 10.8. The summed E-state index contributed by atoms with van der Waals surface area (Å²) in [7, 11) is 0. The minimum Gasteiger partial charge on any atom is -0.481 e. The standard InChI is InChI=1S/C16H23NO2/c1-3-17-10-9-14(11-15(18)19)16(17)12(2)13-7-5-4-6-8-13/h4-8,12,14,16H,3,9-11H2,1-2H3,(H,18,19)/t12?,14-,16?/m0/s1. The second-order valence-electron chi connectivity index (χ2n) is 5.47. The maximum atomic E-state index is 11.0. The fourth-order valence-electron chi connectivity index (χ4n) is 3.44. The summed E-state index contributed by atoms with van der Waals surface area (Å²) in [6.07, 6.45) is 1.29. The third-order valence-corrected chi connectivity index (χ3v) is 4.37. The van der Waals surface area contributed by atoms with Gasteiger partial charge in [0.25, 0.3) is 0 Å². The summed E-state index contributed by atoms with van der Waals surface area (Å²) in [5, 5.41) is 9.08. The average Bonchev–Trinajstić information content (AvgIpc) is 2.81. The van der Waals surface area contributed by atoms with Gasteiger partial charge >= 0.3 is 5.97 Å². The van der Waals surface area contributed by atoms with Gasteiger partial charge in [-0.1, -0.05) is 44.2 Å². The first-order valence-electron chi connectivity index (χ1n) is 7.14. The number of hydrogen-bond donors (Lipinski definition) is 1. The maximum absolute atomic E-state index is 11.0. The predicted molar refractivity (Wildman–Crippen MR) is 76.3 cm³/mol. The van der Waals surface area contributed by atoms with Gasteiger partial charge < -0.3 is 5.11 Å². The molecule has 19 heavy (non-hydrogen) atoms. The molecule has 0 radical (unpaired) electrons. The fourth-order valence-corrected chi connectivity index (χ4v) is 3.44. The van der Waals surface area contributed by atoms with Gasteiger partial charge in [0, 0.05) is 12.5 Å². The molecule has 1 N–H and O–H groups in total. The van der Waals surface area contributed by atoms with Crippen molar-refractivity contribution in [1.29, 1.82) is 0 Å². The molecule has 3 heteroatoms. The van der Waals surface area contributed by atoms with Crippen molar-refractivity contribution in [2.45, 2.75) is 38.6 Å². The van der Waals surface area contributed by atoms with Crippen molar-refractivity contribution in [3.63, 3.8) is 0 Å². The first kappa shape index (κ1) is 14.1. The Morgan fingerprint density at radius 2 is 2.11 bits per heavy atom. The Morgan fingerprint density at radius 1 is 1.42 bits per heavy atom. The molecule has 1 saturated heterocycles. The van der Waals surface area contributed by atoms with Crippen molar-refractivity contribution >= 4 is 5.97 Å². The van der Waals surface area contributed by atoms with E-state index in [0.29, 0.717) is 18.4 Å². The number of rotatable bonds is 5. The quantitative estimate of drug-likeness (QED) is 0.886. The normalized spacial score (nSPS) is 25.4. The van der Waals surface area contributed by atoms with E-state index in [1.807, 2.05) is 6.07 Å². The molecule has 0 bridgehead atoms. The zero-order valence-electron chi connectivity index (χ0n) is 11.7. The number of carbonyl (C=O) groups is 1. The van der Waals surface area contributed by atoms with Gasteiger partial charge in [-0.15, -0.1) is 0 Å². The molecule has 3 atom stereocenters. The highest BCUT2D eigenvalue weighted by molar-refractivity contribution is 5.67. The molecule has 2 unspecified atom stereocenters. The summed E-state index contributed by atoms with van der Waals surface area (Å²) in [5.74, 6) is -0.0196. The summed E-state index contributed by atoms with van der Waals surface area (Å²) in [6.45, 7) is 6.41. The molecule has 1 aromatic carbocycles. The number of carboxylic acids is 1. The van der Waals surface area contributed by atoms with Crippen LogP contribution in [0.4, 0.5) is 0 Å². The maximum Gasteiger partial charge on any atom is 0.303 e. The lowest BCUT2D eigenvalue weighted by molar-refractivity contribution is -0.138. The Bertz CT molecular complexity index is 418. The van der Waals surface area contributed by atoms with Crippen molar-refractivity contribution in [2.24, 2.45) is 5.92 Å². The third kappa shape index (κ3) is 3.16. The molecule has 0 saturated carbocycles. The third-order valence-electron chi connectivity index (χ3n) is 4.37. The summed E-state index contributed by atoms with van der Waals surface area (Å²) >= 11 is 0. The molecule has 0 aromatic heterocycles. The minimum absolute atomic E-state index is 0.271. The molecule has 0 aliphatic carbocycles. The first-order valence-corrected chi connectivity index (χ1v) is 7.14. The van der Waals surface area contributed by atoms with Gasteiger partial charge in [-0.05, 0) is 36.9 Å². The van der Waals surface area contributed by atoms with Crippen LogP contribution in [0.5, 0.6) is 0 Å². The van der Waals surface area contributed by atoms with Crippen LogP contribution in [-0.4, -0.2) is 35.1 Å². The highest BCUT2D eigenvalue weighted by atomic mass is 16.4. The van der Waals surface area contributed by atoms with Crippen LogP contribution in [0.25, 0.3) is 0 Å². The van der Waals surface area contributed by atoms with Gasteiger partial charge in [-0.25, -0.2) is 0 Å². The van der Waals surface area contributed by atoms with Crippen LogP contribution in [-0.2, 0) is 4.79 Å². The minimum atomic E-state index is -0.673. The van der Waals surface area contributed by atoms with Gasteiger partial charge in [0.2, 0.25) is 0 Å². The van der Waals surface area contributed by atoms with Gasteiger partial charge in [0.15, 0.2) is 0 Å². The van der Waals surface area contributed by atoms with E-state index in [2.05, 4.69) is 43.0 Å². The van der Waals surface area contributed by atoms with Crippen LogP contribution in [0.2, 0.25) is 0 Å². The van der Waals surface area contributed by atoms with Crippen molar-refractivity contribution in [3.8, 4) is 0 Å². The van der Waals surface area contributed by atoms with Crippen LogP contribution >= 0.6 is 0 Å². The lowest BCUT2D eigenvalue weighted by Crippen LogP contribution is -2.37. The van der Waals surface area contributed by atoms with E-state index in [1.54, 1.807) is 0 Å². The summed E-state index contributed by atoms with van der Waals surface area (Å²) in [5.41, 5.74) is 1.31. The van der Waals surface area contributed by atoms with Crippen LogP contribution in [0.15, 0.2) is 30.3 Å². The highest BCUT2D eigenvalue weighted by Crippen LogP contribution is 2.36. The number of likely N-dealkylation sites (N-methyl/N-ethyl adjacent to an activating group) is 1. The van der Waals surface area contributed by atoms with Crippen LogP contribution in [0, 0.1) is 5.92 Å². The van der Waals surface area contributed by atoms with E-state index in [9.17, 15) is 4.79 Å². The zero-order valence-corrected chi connectivity index (χ0v) is 11.7. The smallest absolute Gasteiger partial charge is 0.303 e. The van der Waals surface area contributed by atoms with E-state index in [0.717, 1.165) is 19.5 Å². The molecule has 3 nitrogen and oxygen atoms in total. The molecular weight excluding hydrogens is 238 g/mol. The number of likely N-dealkylation sites (tertiary alicyclic amines) is 1. The second-order valence-corrected chi connectivity index (χ2v) is 5.47. The first-order chi connectivity index (χ1) is 9.13. The van der Waals surface area contributed by atoms with E-state index in [4.69, 9.17) is 5.11 Å². The summed E-state index contributed by atoms with van der Waals surface area (Å²) < 4.78 is 0. The molecule has 1 aliphatic rings. The fraction of sp³-hybridized carbons (Fsp3) is 0.562.